The van der Waals surface area contributed by atoms with Gasteiger partial charge in [-0.15, -0.1) is 0 Å². The molecule has 0 aromatic heterocycles. The third-order valence-corrected chi connectivity index (χ3v) is 7.13. The van der Waals surface area contributed by atoms with Crippen LogP contribution < -0.4 is 4.90 Å². The molecular formula is C24H18FNO5S. The molecule has 0 unspecified atom stereocenters. The minimum Gasteiger partial charge on any atom is -0.502 e. The van der Waals surface area contributed by atoms with Crippen molar-refractivity contribution in [3.8, 4) is 0 Å². The average Bonchev–Trinajstić information content (AvgIpc) is 3.06. The van der Waals surface area contributed by atoms with E-state index in [0.717, 1.165) is 17.0 Å². The topological polar surface area (TPSA) is 91.8 Å². The highest BCUT2D eigenvalue weighted by Crippen LogP contribution is 2.44. The van der Waals surface area contributed by atoms with Crippen LogP contribution in [-0.2, 0) is 14.6 Å². The minimum atomic E-state index is -4.27. The first-order valence-electron chi connectivity index (χ1n) is 9.65. The van der Waals surface area contributed by atoms with E-state index in [1.165, 1.54) is 67.6 Å². The number of carbonyl (C=O) groups is 2. The smallest absolute Gasteiger partial charge is 0.295 e. The number of anilines is 1. The van der Waals surface area contributed by atoms with Crippen molar-refractivity contribution in [1.82, 2.24) is 0 Å². The Hall–Kier alpha value is -3.78. The summed E-state index contributed by atoms with van der Waals surface area (Å²) in [6, 6.07) is 17.3. The molecule has 32 heavy (non-hydrogen) atoms. The van der Waals surface area contributed by atoms with E-state index in [0.29, 0.717) is 11.1 Å². The van der Waals surface area contributed by atoms with Crippen LogP contribution in [0.3, 0.4) is 0 Å². The molecule has 0 bridgehead atoms. The highest BCUT2D eigenvalue weighted by atomic mass is 32.2. The summed E-state index contributed by atoms with van der Waals surface area (Å²) in [6.07, 6.45) is 0. The Morgan fingerprint density at radius 1 is 0.938 bits per heavy atom. The average molecular weight is 451 g/mol. The lowest BCUT2D eigenvalue weighted by Crippen LogP contribution is -2.31. The van der Waals surface area contributed by atoms with Gasteiger partial charge in [-0.1, -0.05) is 30.3 Å². The summed E-state index contributed by atoms with van der Waals surface area (Å²) < 4.78 is 40.5. The van der Waals surface area contributed by atoms with Gasteiger partial charge in [0.1, 0.15) is 16.8 Å². The van der Waals surface area contributed by atoms with Gasteiger partial charge in [-0.25, -0.2) is 12.8 Å². The van der Waals surface area contributed by atoms with Crippen LogP contribution in [0.15, 0.2) is 94.4 Å². The van der Waals surface area contributed by atoms with Gasteiger partial charge in [0.25, 0.3) is 5.91 Å². The fourth-order valence-corrected chi connectivity index (χ4v) is 5.30. The molecule has 1 heterocycles. The summed E-state index contributed by atoms with van der Waals surface area (Å²) in [5.41, 5.74) is 0.987. The summed E-state index contributed by atoms with van der Waals surface area (Å²) in [4.78, 5) is 25.2. The van der Waals surface area contributed by atoms with Crippen LogP contribution in [-0.4, -0.2) is 25.2 Å². The monoisotopic (exact) mass is 451 g/mol. The maximum Gasteiger partial charge on any atom is 0.295 e. The van der Waals surface area contributed by atoms with E-state index in [4.69, 9.17) is 0 Å². The molecule has 1 aliphatic heterocycles. The lowest BCUT2D eigenvalue weighted by Gasteiger charge is -2.27. The van der Waals surface area contributed by atoms with Gasteiger partial charge in [-0.2, -0.15) is 0 Å². The van der Waals surface area contributed by atoms with Crippen molar-refractivity contribution in [2.45, 2.75) is 17.9 Å². The number of benzene rings is 3. The van der Waals surface area contributed by atoms with Crippen molar-refractivity contribution in [2.75, 3.05) is 4.90 Å². The fraction of sp³-hybridized carbons (Fsp3) is 0.0833. The molecule has 1 amide bonds. The predicted molar refractivity (Wildman–Crippen MR) is 116 cm³/mol. The number of ketones is 1. The Bertz CT molecular complexity index is 1330. The van der Waals surface area contributed by atoms with Crippen molar-refractivity contribution < 1.29 is 27.5 Å². The second-order valence-corrected chi connectivity index (χ2v) is 9.18. The van der Waals surface area contributed by atoms with E-state index in [1.807, 2.05) is 0 Å². The Labute approximate surface area is 184 Å². The molecule has 0 aliphatic carbocycles. The Balaban J connectivity index is 1.91. The first-order chi connectivity index (χ1) is 15.2. The molecule has 1 atom stereocenters. The number of hydrogen-bond donors (Lipinski definition) is 1. The normalized spacial score (nSPS) is 16.5. The molecule has 0 spiro atoms. The lowest BCUT2D eigenvalue weighted by molar-refractivity contribution is -0.117. The van der Waals surface area contributed by atoms with Crippen LogP contribution in [0.5, 0.6) is 0 Å². The van der Waals surface area contributed by atoms with E-state index in [1.54, 1.807) is 6.07 Å². The number of nitrogens with zero attached hydrogens (tertiary/aromatic N) is 1. The van der Waals surface area contributed by atoms with Gasteiger partial charge < -0.3 is 5.11 Å². The number of rotatable bonds is 5. The summed E-state index contributed by atoms with van der Waals surface area (Å²) in [5, 5.41) is 10.7. The highest BCUT2D eigenvalue weighted by Gasteiger charge is 2.47. The summed E-state index contributed by atoms with van der Waals surface area (Å²) >= 11 is 0. The minimum absolute atomic E-state index is 0.0877. The molecular weight excluding hydrogens is 433 g/mol. The standard InChI is InChI=1S/C24H18FNO5S/c1-15(27)16-9-13-19(14-10-16)26-21(17-7-11-18(25)12-8-17)23(22(28)24(26)29)32(30,31)20-5-3-2-4-6-20/h2-14,21,28H,1H3/t21-/m0/s1. The second-order valence-electron chi connectivity index (χ2n) is 7.26. The van der Waals surface area contributed by atoms with Gasteiger partial charge in [0.15, 0.2) is 11.5 Å². The molecule has 162 valence electrons. The zero-order valence-electron chi connectivity index (χ0n) is 16.9. The molecule has 1 aliphatic rings. The van der Waals surface area contributed by atoms with Gasteiger partial charge in [0.05, 0.1) is 4.90 Å². The maximum atomic E-state index is 13.6. The number of aliphatic hydroxyl groups excluding tert-OH is 1. The number of carbonyl (C=O) groups excluding carboxylic acids is 2. The number of Topliss-reactive ketones (excluding diaryl/α,β-unsaturated/α-hetero) is 1. The van der Waals surface area contributed by atoms with Crippen LogP contribution in [0.1, 0.15) is 28.9 Å². The molecule has 0 saturated heterocycles. The third kappa shape index (κ3) is 3.58. The van der Waals surface area contributed by atoms with E-state index in [2.05, 4.69) is 0 Å². The zero-order valence-corrected chi connectivity index (χ0v) is 17.7. The van der Waals surface area contributed by atoms with Crippen molar-refractivity contribution in [3.05, 3.63) is 106 Å². The van der Waals surface area contributed by atoms with Gasteiger partial charge in [0.2, 0.25) is 9.84 Å². The van der Waals surface area contributed by atoms with E-state index < -0.39 is 38.3 Å². The molecule has 3 aromatic carbocycles. The Kier molecular flexibility index (Phi) is 5.40. The van der Waals surface area contributed by atoms with Gasteiger partial charge in [0, 0.05) is 11.3 Å². The van der Waals surface area contributed by atoms with Gasteiger partial charge >= 0.3 is 0 Å². The van der Waals surface area contributed by atoms with E-state index in [9.17, 15) is 27.5 Å². The van der Waals surface area contributed by atoms with Crippen LogP contribution in [0.4, 0.5) is 10.1 Å². The molecule has 8 heteroatoms. The SMILES string of the molecule is CC(=O)c1ccc(N2C(=O)C(O)=C(S(=O)(=O)c3ccccc3)[C@@H]2c2ccc(F)cc2)cc1. The number of hydrogen-bond acceptors (Lipinski definition) is 5. The van der Waals surface area contributed by atoms with Crippen molar-refractivity contribution in [1.29, 1.82) is 0 Å². The van der Waals surface area contributed by atoms with Crippen LogP contribution in [0.25, 0.3) is 0 Å². The molecule has 0 radical (unpaired) electrons. The quantitative estimate of drug-likeness (QED) is 0.582. The fourth-order valence-electron chi connectivity index (χ4n) is 3.65. The zero-order chi connectivity index (χ0) is 23.0. The maximum absolute atomic E-state index is 13.6. The number of halogens is 1. The first-order valence-corrected chi connectivity index (χ1v) is 11.1. The molecule has 3 aromatic rings. The van der Waals surface area contributed by atoms with Gasteiger partial charge in [-0.3, -0.25) is 14.5 Å². The van der Waals surface area contributed by atoms with Crippen molar-refractivity contribution >= 4 is 27.2 Å². The number of amides is 1. The molecule has 0 saturated carbocycles. The highest BCUT2D eigenvalue weighted by molar-refractivity contribution is 7.95. The third-order valence-electron chi connectivity index (χ3n) is 5.24. The largest absolute Gasteiger partial charge is 0.502 e. The van der Waals surface area contributed by atoms with Crippen LogP contribution in [0.2, 0.25) is 0 Å². The predicted octanol–water partition coefficient (Wildman–Crippen LogP) is 4.36. The van der Waals surface area contributed by atoms with Crippen molar-refractivity contribution in [2.24, 2.45) is 0 Å². The van der Waals surface area contributed by atoms with Crippen molar-refractivity contribution in [3.63, 3.8) is 0 Å². The summed E-state index contributed by atoms with van der Waals surface area (Å²) in [7, 11) is -4.27. The molecule has 6 nitrogen and oxygen atoms in total. The second kappa shape index (κ2) is 8.05. The van der Waals surface area contributed by atoms with Crippen LogP contribution in [0, 0.1) is 5.82 Å². The Morgan fingerprint density at radius 2 is 1.53 bits per heavy atom. The van der Waals surface area contributed by atoms with Gasteiger partial charge in [-0.05, 0) is 61.0 Å². The lowest BCUT2D eigenvalue weighted by atomic mass is 10.1. The first kappa shape index (κ1) is 21.5. The summed E-state index contributed by atoms with van der Waals surface area (Å²) in [5.74, 6) is -2.52. The Morgan fingerprint density at radius 3 is 2.09 bits per heavy atom. The molecule has 4 rings (SSSR count). The van der Waals surface area contributed by atoms with E-state index in [-0.39, 0.29) is 16.4 Å². The summed E-state index contributed by atoms with van der Waals surface area (Å²) in [6.45, 7) is 1.40. The molecule has 0 fully saturated rings. The molecule has 1 N–H and O–H groups in total. The number of aliphatic hydroxyl groups is 1. The van der Waals surface area contributed by atoms with Crippen LogP contribution >= 0.6 is 0 Å². The number of sulfone groups is 1. The van der Waals surface area contributed by atoms with E-state index >= 15 is 0 Å².